The van der Waals surface area contributed by atoms with Crippen LogP contribution in [0.4, 0.5) is 0 Å². The van der Waals surface area contributed by atoms with E-state index in [0.717, 1.165) is 0 Å². The Morgan fingerprint density at radius 1 is 1.02 bits per heavy atom. The van der Waals surface area contributed by atoms with Crippen LogP contribution >= 0.6 is 0 Å². The minimum atomic E-state index is -1.64. The van der Waals surface area contributed by atoms with Crippen molar-refractivity contribution in [3.63, 3.8) is 0 Å². The number of carbonyl (C=O) groups excluding carboxylic acids is 4. The van der Waals surface area contributed by atoms with Crippen LogP contribution in [0.3, 0.4) is 0 Å². The lowest BCUT2D eigenvalue weighted by Gasteiger charge is -2.65. The molecule has 2 saturated carbocycles. The maximum absolute atomic E-state index is 13.3. The average Bonchev–Trinajstić information content (AvgIpc) is 3.36. The molecule has 0 aromatic carbocycles. The zero-order chi connectivity index (χ0) is 30.8. The molecule has 1 N–H and O–H groups in total. The van der Waals surface area contributed by atoms with E-state index < -0.39 is 76.4 Å². The van der Waals surface area contributed by atoms with Gasteiger partial charge in [-0.2, -0.15) is 0 Å². The van der Waals surface area contributed by atoms with Crippen LogP contribution in [-0.2, 0) is 52.3 Å². The highest BCUT2D eigenvalue weighted by Crippen LogP contribution is 2.70. The molecular weight excluding hydrogens is 552 g/mol. The maximum atomic E-state index is 13.3. The first kappa shape index (κ1) is 30.7. The molecule has 0 aromatic heterocycles. The number of rotatable bonds is 7. The molecule has 5 rings (SSSR count). The van der Waals surface area contributed by atoms with E-state index in [1.165, 1.54) is 34.6 Å². The standard InChI is InChI=1S/C30H42O12/c1-15-10-23(39-17(3)32)29(13-37-16(2)31)21(28(15,7)22-11-19-8-9-36-25(19)40-22)12-20(34)24(30(29)14-38-30)41-26(35)27(5,6)42-18(4)33/h8-9,15,19-25,34H,10-14H2,1-7H3/t15-,19+,20-,21-,22+,23+,24+,25+,28+,29+,30-/m1/s1. The van der Waals surface area contributed by atoms with Gasteiger partial charge in [-0.05, 0) is 51.0 Å². The smallest absolute Gasteiger partial charge is 0.350 e. The number of carbonyl (C=O) groups is 4. The molecule has 1 spiro atoms. The van der Waals surface area contributed by atoms with Crippen molar-refractivity contribution in [1.29, 1.82) is 0 Å². The quantitative estimate of drug-likeness (QED) is 0.261. The molecule has 234 valence electrons. The molecule has 4 fully saturated rings. The first-order valence-corrected chi connectivity index (χ1v) is 14.6. The highest BCUT2D eigenvalue weighted by atomic mass is 16.7. The number of aliphatic hydroxyl groups is 1. The molecule has 0 bridgehead atoms. The fourth-order valence-corrected chi connectivity index (χ4v) is 8.26. The third-order valence-corrected chi connectivity index (χ3v) is 10.4. The summed E-state index contributed by atoms with van der Waals surface area (Å²) in [7, 11) is 0. The zero-order valence-corrected chi connectivity index (χ0v) is 25.2. The molecule has 11 atom stereocenters. The lowest BCUT2D eigenvalue weighted by Crippen LogP contribution is -2.74. The molecule has 0 aromatic rings. The summed E-state index contributed by atoms with van der Waals surface area (Å²) in [4.78, 5) is 49.8. The number of epoxide rings is 1. The summed E-state index contributed by atoms with van der Waals surface area (Å²) < 4.78 is 41.2. The number of aliphatic hydroxyl groups excluding tert-OH is 1. The molecule has 2 aliphatic carbocycles. The van der Waals surface area contributed by atoms with Gasteiger partial charge in [-0.3, -0.25) is 14.4 Å². The van der Waals surface area contributed by atoms with Crippen LogP contribution in [0.1, 0.15) is 67.7 Å². The van der Waals surface area contributed by atoms with Gasteiger partial charge in [0, 0.05) is 32.1 Å². The number of hydrogen-bond donors (Lipinski definition) is 1. The Bertz CT molecular complexity index is 1160. The largest absolute Gasteiger partial charge is 0.472 e. The van der Waals surface area contributed by atoms with Crippen molar-refractivity contribution >= 4 is 23.9 Å². The Hall–Kier alpha value is -2.70. The summed E-state index contributed by atoms with van der Waals surface area (Å²) >= 11 is 0. The van der Waals surface area contributed by atoms with E-state index >= 15 is 0 Å². The Labute approximate surface area is 245 Å². The van der Waals surface area contributed by atoms with Gasteiger partial charge in [0.25, 0.3) is 0 Å². The van der Waals surface area contributed by atoms with E-state index in [4.69, 9.17) is 33.2 Å². The van der Waals surface area contributed by atoms with E-state index in [0.29, 0.717) is 12.8 Å². The van der Waals surface area contributed by atoms with Crippen molar-refractivity contribution in [3.8, 4) is 0 Å². The van der Waals surface area contributed by atoms with Gasteiger partial charge in [-0.15, -0.1) is 0 Å². The highest BCUT2D eigenvalue weighted by molar-refractivity contribution is 5.82. The second-order valence-corrected chi connectivity index (χ2v) is 13.2. The molecule has 42 heavy (non-hydrogen) atoms. The van der Waals surface area contributed by atoms with Crippen molar-refractivity contribution in [3.05, 3.63) is 12.3 Å². The predicted octanol–water partition coefficient (Wildman–Crippen LogP) is 2.19. The Balaban J connectivity index is 1.61. The van der Waals surface area contributed by atoms with E-state index in [1.54, 1.807) is 6.26 Å². The Kier molecular flexibility index (Phi) is 7.67. The topological polar surface area (TPSA) is 156 Å². The van der Waals surface area contributed by atoms with Crippen LogP contribution < -0.4 is 0 Å². The highest BCUT2D eigenvalue weighted by Gasteiger charge is 2.81. The van der Waals surface area contributed by atoms with Gasteiger partial charge in [0.1, 0.15) is 18.3 Å². The summed E-state index contributed by atoms with van der Waals surface area (Å²) in [5.41, 5.74) is -4.84. The van der Waals surface area contributed by atoms with Crippen molar-refractivity contribution in [2.45, 2.75) is 110 Å². The zero-order valence-electron chi connectivity index (χ0n) is 25.2. The van der Waals surface area contributed by atoms with E-state index in [1.807, 2.05) is 6.08 Å². The van der Waals surface area contributed by atoms with Crippen molar-refractivity contribution in [1.82, 2.24) is 0 Å². The maximum Gasteiger partial charge on any atom is 0.350 e. The van der Waals surface area contributed by atoms with Crippen molar-refractivity contribution < 1.29 is 57.4 Å². The van der Waals surface area contributed by atoms with Gasteiger partial charge in [-0.1, -0.05) is 13.8 Å². The Morgan fingerprint density at radius 3 is 2.29 bits per heavy atom. The normalized spacial score (nSPS) is 43.5. The summed E-state index contributed by atoms with van der Waals surface area (Å²) in [5, 5.41) is 11.7. The van der Waals surface area contributed by atoms with E-state index in [9.17, 15) is 24.3 Å². The first-order valence-electron chi connectivity index (χ1n) is 14.6. The number of hydrogen-bond acceptors (Lipinski definition) is 12. The van der Waals surface area contributed by atoms with E-state index in [-0.39, 0.29) is 37.6 Å². The summed E-state index contributed by atoms with van der Waals surface area (Å²) in [6.07, 6.45) is 0.893. The molecule has 3 heterocycles. The number of fused-ring (bicyclic) bond motifs is 3. The van der Waals surface area contributed by atoms with Crippen LogP contribution in [0.25, 0.3) is 0 Å². The lowest BCUT2D eigenvalue weighted by molar-refractivity contribution is -0.285. The molecular formula is C30H42O12. The van der Waals surface area contributed by atoms with Crippen LogP contribution in [0.5, 0.6) is 0 Å². The second-order valence-electron chi connectivity index (χ2n) is 13.2. The fraction of sp³-hybridized carbons (Fsp3) is 0.800. The molecule has 3 aliphatic heterocycles. The SMILES string of the molecule is CC(=O)OC[C@@]12[C@@H](OC(C)=O)C[C@@H](C)[C@](C)([C@@H]3C[C@@H]4C=CO[C@H]4O3)[C@H]1C[C@@H](O)[C@H](OC(=O)C(C)(C)OC(C)=O)[C@]21CO1. The van der Waals surface area contributed by atoms with Crippen molar-refractivity contribution in [2.75, 3.05) is 13.2 Å². The summed E-state index contributed by atoms with van der Waals surface area (Å²) in [6, 6.07) is 0. The minimum Gasteiger partial charge on any atom is -0.472 e. The second kappa shape index (κ2) is 10.5. The van der Waals surface area contributed by atoms with Gasteiger partial charge < -0.3 is 38.3 Å². The van der Waals surface area contributed by atoms with Crippen LogP contribution in [0.15, 0.2) is 12.3 Å². The van der Waals surface area contributed by atoms with Gasteiger partial charge in [0.05, 0.1) is 30.5 Å². The molecule has 2 saturated heterocycles. The molecule has 0 unspecified atom stereocenters. The molecule has 0 radical (unpaired) electrons. The number of ether oxygens (including phenoxy) is 7. The van der Waals surface area contributed by atoms with Gasteiger partial charge in [0.15, 0.2) is 6.10 Å². The average molecular weight is 595 g/mol. The van der Waals surface area contributed by atoms with Gasteiger partial charge in [-0.25, -0.2) is 4.79 Å². The number of esters is 4. The van der Waals surface area contributed by atoms with Crippen LogP contribution in [0.2, 0.25) is 0 Å². The fourth-order valence-electron chi connectivity index (χ4n) is 8.26. The third kappa shape index (κ3) is 4.70. The van der Waals surface area contributed by atoms with Crippen LogP contribution in [0, 0.1) is 28.6 Å². The Morgan fingerprint density at radius 2 is 1.71 bits per heavy atom. The molecule has 5 aliphatic rings. The molecule has 12 nitrogen and oxygen atoms in total. The third-order valence-electron chi connectivity index (χ3n) is 10.4. The van der Waals surface area contributed by atoms with Gasteiger partial charge >= 0.3 is 23.9 Å². The van der Waals surface area contributed by atoms with Crippen molar-refractivity contribution in [2.24, 2.45) is 28.6 Å². The molecule has 0 amide bonds. The van der Waals surface area contributed by atoms with Crippen LogP contribution in [-0.4, -0.2) is 84.1 Å². The summed E-state index contributed by atoms with van der Waals surface area (Å²) in [5.74, 6) is -3.05. The lowest BCUT2D eigenvalue weighted by atomic mass is 9.41. The minimum absolute atomic E-state index is 0.0542. The molecule has 12 heteroatoms. The van der Waals surface area contributed by atoms with Gasteiger partial charge in [0.2, 0.25) is 11.9 Å². The summed E-state index contributed by atoms with van der Waals surface area (Å²) in [6.45, 7) is 10.6. The first-order chi connectivity index (χ1) is 19.6. The monoisotopic (exact) mass is 594 g/mol. The van der Waals surface area contributed by atoms with E-state index in [2.05, 4.69) is 13.8 Å². The predicted molar refractivity (Wildman–Crippen MR) is 142 cm³/mol.